The molecule has 1 heterocycles. The molecule has 3 nitrogen and oxygen atoms in total. The number of benzene rings is 2. The van der Waals surface area contributed by atoms with Gasteiger partial charge in [0.15, 0.2) is 0 Å². The molecule has 0 fully saturated rings. The van der Waals surface area contributed by atoms with Gasteiger partial charge in [0.1, 0.15) is 0 Å². The molecular formula is C23H23NO2. The van der Waals surface area contributed by atoms with Crippen molar-refractivity contribution in [1.82, 2.24) is 4.98 Å². The zero-order valence-electron chi connectivity index (χ0n) is 15.3. The van der Waals surface area contributed by atoms with Crippen molar-refractivity contribution in [1.29, 1.82) is 0 Å². The molecule has 0 spiro atoms. The van der Waals surface area contributed by atoms with E-state index < -0.39 is 0 Å². The molecule has 1 aliphatic rings. The van der Waals surface area contributed by atoms with Gasteiger partial charge in [-0.05, 0) is 36.6 Å². The van der Waals surface area contributed by atoms with Gasteiger partial charge in [-0.25, -0.2) is 4.98 Å². The van der Waals surface area contributed by atoms with Gasteiger partial charge in [0.05, 0.1) is 24.2 Å². The molecule has 2 aromatic carbocycles. The first-order chi connectivity index (χ1) is 12.7. The lowest BCUT2D eigenvalue weighted by atomic mass is 9.72. The van der Waals surface area contributed by atoms with Gasteiger partial charge in [0.2, 0.25) is 0 Å². The van der Waals surface area contributed by atoms with E-state index in [1.54, 1.807) is 0 Å². The number of pyridine rings is 1. The van der Waals surface area contributed by atoms with E-state index >= 15 is 0 Å². The van der Waals surface area contributed by atoms with Crippen molar-refractivity contribution in [3.05, 3.63) is 65.7 Å². The summed E-state index contributed by atoms with van der Waals surface area (Å²) in [6, 6.07) is 18.8. The fourth-order valence-corrected chi connectivity index (χ4v) is 4.37. The predicted octanol–water partition coefficient (Wildman–Crippen LogP) is 5.25. The van der Waals surface area contributed by atoms with Crippen LogP contribution in [-0.4, -0.2) is 17.6 Å². The standard InChI is InChI=1S/C23H23NO2/c1-3-13-23(15-21(25)26-4-2)18-11-7-6-10-17(18)22-19(23)14-16-9-5-8-12-20(16)24-22/h5-12,14H,3-4,13,15H2,1-2H3. The van der Waals surface area contributed by atoms with E-state index in [9.17, 15) is 4.79 Å². The van der Waals surface area contributed by atoms with Crippen molar-refractivity contribution in [2.45, 2.75) is 38.5 Å². The number of para-hydroxylation sites is 1. The highest BCUT2D eigenvalue weighted by molar-refractivity contribution is 5.90. The first kappa shape index (κ1) is 16.8. The van der Waals surface area contributed by atoms with Crippen LogP contribution in [-0.2, 0) is 14.9 Å². The molecule has 1 aliphatic carbocycles. The van der Waals surface area contributed by atoms with Crippen LogP contribution in [0.1, 0.15) is 44.2 Å². The largest absolute Gasteiger partial charge is 0.466 e. The molecule has 1 atom stereocenters. The second kappa shape index (κ2) is 6.56. The van der Waals surface area contributed by atoms with Crippen LogP contribution in [0.4, 0.5) is 0 Å². The fraction of sp³-hybridized carbons (Fsp3) is 0.304. The van der Waals surface area contributed by atoms with E-state index in [0.29, 0.717) is 13.0 Å². The maximum Gasteiger partial charge on any atom is 0.307 e. The summed E-state index contributed by atoms with van der Waals surface area (Å²) in [4.78, 5) is 17.5. The first-order valence-corrected chi connectivity index (χ1v) is 9.35. The molecule has 26 heavy (non-hydrogen) atoms. The topological polar surface area (TPSA) is 39.2 Å². The van der Waals surface area contributed by atoms with E-state index in [1.165, 1.54) is 5.56 Å². The van der Waals surface area contributed by atoms with Crippen LogP contribution in [0.25, 0.3) is 22.2 Å². The number of hydrogen-bond donors (Lipinski definition) is 0. The zero-order valence-corrected chi connectivity index (χ0v) is 15.3. The number of carbonyl (C=O) groups excluding carboxylic acids is 1. The molecule has 3 aromatic rings. The highest BCUT2D eigenvalue weighted by Crippen LogP contribution is 2.53. The molecule has 3 heteroatoms. The number of rotatable bonds is 5. The minimum Gasteiger partial charge on any atom is -0.466 e. The van der Waals surface area contributed by atoms with Gasteiger partial charge in [-0.2, -0.15) is 0 Å². The molecule has 0 amide bonds. The Morgan fingerprint density at radius 3 is 2.62 bits per heavy atom. The van der Waals surface area contributed by atoms with Crippen molar-refractivity contribution in [2.75, 3.05) is 6.61 Å². The number of carbonyl (C=O) groups is 1. The summed E-state index contributed by atoms with van der Waals surface area (Å²) in [5.74, 6) is -0.142. The molecule has 0 saturated heterocycles. The Morgan fingerprint density at radius 1 is 1.04 bits per heavy atom. The van der Waals surface area contributed by atoms with Crippen LogP contribution in [0, 0.1) is 0 Å². The lowest BCUT2D eigenvalue weighted by Gasteiger charge is -2.31. The van der Waals surface area contributed by atoms with Crippen LogP contribution in [0.2, 0.25) is 0 Å². The molecule has 132 valence electrons. The second-order valence-electron chi connectivity index (χ2n) is 6.94. The Kier molecular flexibility index (Phi) is 4.23. The minimum atomic E-state index is -0.357. The van der Waals surface area contributed by atoms with E-state index in [-0.39, 0.29) is 11.4 Å². The summed E-state index contributed by atoms with van der Waals surface area (Å²) >= 11 is 0. The lowest BCUT2D eigenvalue weighted by molar-refractivity contribution is -0.144. The number of esters is 1. The Morgan fingerprint density at radius 2 is 1.81 bits per heavy atom. The first-order valence-electron chi connectivity index (χ1n) is 9.35. The summed E-state index contributed by atoms with van der Waals surface area (Å²) in [6.45, 7) is 4.43. The van der Waals surface area contributed by atoms with Gasteiger partial charge >= 0.3 is 5.97 Å². The zero-order chi connectivity index (χ0) is 18.1. The quantitative estimate of drug-likeness (QED) is 0.593. The Labute approximate surface area is 154 Å². The number of nitrogens with zero attached hydrogens (tertiary/aromatic N) is 1. The highest BCUT2D eigenvalue weighted by atomic mass is 16.5. The van der Waals surface area contributed by atoms with E-state index in [1.807, 2.05) is 31.2 Å². The summed E-state index contributed by atoms with van der Waals surface area (Å²) in [5, 5.41) is 1.11. The molecular weight excluding hydrogens is 322 g/mol. The van der Waals surface area contributed by atoms with Crippen molar-refractivity contribution < 1.29 is 9.53 Å². The normalized spacial score (nSPS) is 17.8. The molecule has 1 unspecified atom stereocenters. The molecule has 1 aromatic heterocycles. The Hall–Kier alpha value is -2.68. The number of aromatic nitrogens is 1. The van der Waals surface area contributed by atoms with Crippen LogP contribution >= 0.6 is 0 Å². The predicted molar refractivity (Wildman–Crippen MR) is 104 cm³/mol. The SMILES string of the molecule is CCCC1(CC(=O)OCC)c2ccccc2-c2nc3ccccc3cc21. The van der Waals surface area contributed by atoms with Crippen molar-refractivity contribution >= 4 is 16.9 Å². The van der Waals surface area contributed by atoms with Crippen molar-refractivity contribution in [3.8, 4) is 11.3 Å². The van der Waals surface area contributed by atoms with Gasteiger partial charge in [0.25, 0.3) is 0 Å². The number of hydrogen-bond acceptors (Lipinski definition) is 3. The highest BCUT2D eigenvalue weighted by Gasteiger charge is 2.45. The molecule has 0 aliphatic heterocycles. The molecule has 0 radical (unpaired) electrons. The average Bonchev–Trinajstić information content (AvgIpc) is 2.90. The van der Waals surface area contributed by atoms with E-state index in [4.69, 9.17) is 9.72 Å². The van der Waals surface area contributed by atoms with Crippen molar-refractivity contribution in [3.63, 3.8) is 0 Å². The maximum atomic E-state index is 12.5. The third-order valence-electron chi connectivity index (χ3n) is 5.37. The number of fused-ring (bicyclic) bond motifs is 4. The monoisotopic (exact) mass is 345 g/mol. The summed E-state index contributed by atoms with van der Waals surface area (Å²) in [5.41, 5.74) is 5.15. The summed E-state index contributed by atoms with van der Waals surface area (Å²) in [6.07, 6.45) is 2.24. The van der Waals surface area contributed by atoms with Crippen molar-refractivity contribution in [2.24, 2.45) is 0 Å². The molecule has 0 N–H and O–H groups in total. The third-order valence-corrected chi connectivity index (χ3v) is 5.37. The van der Waals surface area contributed by atoms with Gasteiger partial charge in [0, 0.05) is 16.4 Å². The summed E-state index contributed by atoms with van der Waals surface area (Å²) in [7, 11) is 0. The van der Waals surface area contributed by atoms with Gasteiger partial charge in [-0.3, -0.25) is 4.79 Å². The molecule has 0 bridgehead atoms. The average molecular weight is 345 g/mol. The van der Waals surface area contributed by atoms with Crippen LogP contribution in [0.15, 0.2) is 54.6 Å². The Balaban J connectivity index is 1.99. The van der Waals surface area contributed by atoms with Crippen LogP contribution in [0.5, 0.6) is 0 Å². The third kappa shape index (κ3) is 2.50. The molecule has 4 rings (SSSR count). The summed E-state index contributed by atoms with van der Waals surface area (Å²) < 4.78 is 5.33. The molecule has 0 saturated carbocycles. The fourth-order valence-electron chi connectivity index (χ4n) is 4.37. The van der Waals surface area contributed by atoms with Crippen LogP contribution < -0.4 is 0 Å². The number of ether oxygens (including phenoxy) is 1. The smallest absolute Gasteiger partial charge is 0.307 e. The van der Waals surface area contributed by atoms with E-state index in [2.05, 4.69) is 37.3 Å². The van der Waals surface area contributed by atoms with Gasteiger partial charge in [-0.15, -0.1) is 0 Å². The Bertz CT molecular complexity index is 979. The second-order valence-corrected chi connectivity index (χ2v) is 6.94. The van der Waals surface area contributed by atoms with E-state index in [0.717, 1.165) is 40.6 Å². The van der Waals surface area contributed by atoms with Crippen LogP contribution in [0.3, 0.4) is 0 Å². The van der Waals surface area contributed by atoms with Gasteiger partial charge in [-0.1, -0.05) is 55.8 Å². The maximum absolute atomic E-state index is 12.5. The lowest BCUT2D eigenvalue weighted by Crippen LogP contribution is -2.29. The van der Waals surface area contributed by atoms with Gasteiger partial charge < -0.3 is 4.74 Å². The minimum absolute atomic E-state index is 0.142.